The smallest absolute Gasteiger partial charge is 0.262 e. The van der Waals surface area contributed by atoms with E-state index in [1.807, 2.05) is 18.2 Å². The van der Waals surface area contributed by atoms with Gasteiger partial charge in [-0.25, -0.2) is 17.5 Å². The van der Waals surface area contributed by atoms with Crippen molar-refractivity contribution in [3.8, 4) is 5.75 Å². The van der Waals surface area contributed by atoms with Crippen molar-refractivity contribution in [2.75, 3.05) is 56.1 Å². The van der Waals surface area contributed by atoms with Gasteiger partial charge in [-0.1, -0.05) is 6.07 Å². The molecule has 2 aliphatic rings. The number of fused-ring (bicyclic) bond motifs is 2. The molecule has 2 aromatic carbocycles. The van der Waals surface area contributed by atoms with Gasteiger partial charge in [0.1, 0.15) is 10.0 Å². The molecule has 2 N–H and O–H groups in total. The molecule has 0 aliphatic carbocycles. The van der Waals surface area contributed by atoms with Crippen LogP contribution in [0.25, 0.3) is 10.1 Å². The monoisotopic (exact) mass is 532 g/mol. The summed E-state index contributed by atoms with van der Waals surface area (Å²) in [5.41, 5.74) is 2.31. The zero-order valence-electron chi connectivity index (χ0n) is 20.0. The van der Waals surface area contributed by atoms with E-state index < -0.39 is 10.0 Å². The summed E-state index contributed by atoms with van der Waals surface area (Å²) in [5, 5.41) is 3.50. The molecule has 1 saturated heterocycles. The summed E-state index contributed by atoms with van der Waals surface area (Å²) in [6.07, 6.45) is 1.62. The molecule has 0 saturated carbocycles. The third-order valence-corrected chi connectivity index (χ3v) is 9.97. The molecule has 5 rings (SSSR count). The Bertz CT molecular complexity index is 1380. The highest BCUT2D eigenvalue weighted by Crippen LogP contribution is 2.38. The van der Waals surface area contributed by atoms with Gasteiger partial charge in [0.2, 0.25) is 10.0 Å². The van der Waals surface area contributed by atoms with Crippen LogP contribution < -0.4 is 19.7 Å². The first-order valence-electron chi connectivity index (χ1n) is 12.0. The Morgan fingerprint density at radius 3 is 2.75 bits per heavy atom. The number of benzene rings is 2. The third kappa shape index (κ3) is 5.19. The molecule has 36 heavy (non-hydrogen) atoms. The van der Waals surface area contributed by atoms with Crippen molar-refractivity contribution in [1.29, 1.82) is 0 Å². The maximum Gasteiger partial charge on any atom is 0.262 e. The van der Waals surface area contributed by atoms with E-state index >= 15 is 0 Å². The van der Waals surface area contributed by atoms with Crippen molar-refractivity contribution in [1.82, 2.24) is 9.62 Å². The third-order valence-electron chi connectivity index (χ3n) is 6.62. The maximum absolute atomic E-state index is 13.6. The highest BCUT2D eigenvalue weighted by molar-refractivity contribution is 7.91. The van der Waals surface area contributed by atoms with Crippen LogP contribution >= 0.6 is 11.3 Å². The molecule has 0 bridgehead atoms. The number of sulfonamides is 1. The van der Waals surface area contributed by atoms with Crippen LogP contribution in [-0.4, -0.2) is 65.1 Å². The second kappa shape index (κ2) is 10.3. The molecule has 1 fully saturated rings. The lowest BCUT2D eigenvalue weighted by Gasteiger charge is -2.37. The Hall–Kier alpha value is -2.73. The molecule has 11 heteroatoms. The summed E-state index contributed by atoms with van der Waals surface area (Å²) < 4.78 is 48.6. The van der Waals surface area contributed by atoms with Crippen LogP contribution in [0.3, 0.4) is 0 Å². The Morgan fingerprint density at radius 2 is 1.94 bits per heavy atom. The average molecular weight is 533 g/mol. The standard InChI is InChI=1S/C25H29FN4O4S2/c1-17-19-15-18(26)7-8-22(19)35-25(17)36(32,33)27-9-2-3-10-29-11-13-30(14-12-29)21-6-4-5-20-24(21)34-16-23(31)28-20/h4-8,15,27H,2-3,9-14,16H2,1H3,(H,28,31). The number of amides is 1. The number of aryl methyl sites for hydroxylation is 1. The van der Waals surface area contributed by atoms with Crippen molar-refractivity contribution >= 4 is 48.7 Å². The number of nitrogens with zero attached hydrogens (tertiary/aromatic N) is 2. The van der Waals surface area contributed by atoms with E-state index in [9.17, 15) is 17.6 Å². The van der Waals surface area contributed by atoms with E-state index in [2.05, 4.69) is 19.8 Å². The van der Waals surface area contributed by atoms with Gasteiger partial charge >= 0.3 is 0 Å². The number of thiophene rings is 1. The second-order valence-electron chi connectivity index (χ2n) is 9.08. The maximum atomic E-state index is 13.6. The minimum Gasteiger partial charge on any atom is -0.479 e. The molecule has 0 atom stereocenters. The minimum absolute atomic E-state index is 0.0365. The van der Waals surface area contributed by atoms with Gasteiger partial charge in [0.25, 0.3) is 5.91 Å². The van der Waals surface area contributed by atoms with Gasteiger partial charge in [-0.3, -0.25) is 9.69 Å². The average Bonchev–Trinajstić information content (AvgIpc) is 3.20. The van der Waals surface area contributed by atoms with Gasteiger partial charge < -0.3 is 15.0 Å². The van der Waals surface area contributed by atoms with Crippen molar-refractivity contribution in [2.45, 2.75) is 24.0 Å². The highest BCUT2D eigenvalue weighted by Gasteiger charge is 2.25. The number of carbonyl (C=O) groups is 1. The minimum atomic E-state index is -3.63. The Labute approximate surface area is 214 Å². The normalized spacial score (nSPS) is 16.6. The molecule has 192 valence electrons. The number of hydrogen-bond acceptors (Lipinski definition) is 7. The highest BCUT2D eigenvalue weighted by atomic mass is 32.2. The second-order valence-corrected chi connectivity index (χ2v) is 12.1. The summed E-state index contributed by atoms with van der Waals surface area (Å²) in [6.45, 7) is 6.53. The zero-order valence-corrected chi connectivity index (χ0v) is 21.7. The molecule has 0 radical (unpaired) electrons. The molecule has 3 aromatic rings. The van der Waals surface area contributed by atoms with Crippen LogP contribution in [-0.2, 0) is 14.8 Å². The van der Waals surface area contributed by atoms with E-state index in [4.69, 9.17) is 4.74 Å². The number of ether oxygens (including phenoxy) is 1. The number of rotatable bonds is 8. The number of piperazine rings is 1. The number of para-hydroxylation sites is 1. The van der Waals surface area contributed by atoms with Gasteiger partial charge in [-0.05, 0) is 67.6 Å². The van der Waals surface area contributed by atoms with E-state index in [-0.39, 0.29) is 22.5 Å². The van der Waals surface area contributed by atoms with Crippen LogP contribution in [0.1, 0.15) is 18.4 Å². The lowest BCUT2D eigenvalue weighted by atomic mass is 10.2. The molecule has 1 aromatic heterocycles. The first kappa shape index (κ1) is 24.9. The molecule has 2 aliphatic heterocycles. The molecule has 0 spiro atoms. The zero-order chi connectivity index (χ0) is 25.3. The van der Waals surface area contributed by atoms with Crippen LogP contribution in [0.15, 0.2) is 40.6 Å². The number of halogens is 1. The number of anilines is 2. The van der Waals surface area contributed by atoms with Crippen molar-refractivity contribution in [2.24, 2.45) is 0 Å². The first-order chi connectivity index (χ1) is 17.3. The van der Waals surface area contributed by atoms with E-state index in [1.165, 1.54) is 23.5 Å². The predicted molar refractivity (Wildman–Crippen MR) is 140 cm³/mol. The SMILES string of the molecule is Cc1c(S(=O)(=O)NCCCCN2CCN(c3cccc4c3OCC(=O)N4)CC2)sc2ccc(F)cc12. The first-order valence-corrected chi connectivity index (χ1v) is 14.3. The molecule has 8 nitrogen and oxygen atoms in total. The van der Waals surface area contributed by atoms with Crippen LogP contribution in [0.5, 0.6) is 5.75 Å². The lowest BCUT2D eigenvalue weighted by molar-refractivity contribution is -0.118. The van der Waals surface area contributed by atoms with Crippen molar-refractivity contribution in [3.63, 3.8) is 0 Å². The Morgan fingerprint density at radius 1 is 1.14 bits per heavy atom. The molecule has 3 heterocycles. The fourth-order valence-electron chi connectivity index (χ4n) is 4.72. The van der Waals surface area contributed by atoms with Crippen LogP contribution in [0, 0.1) is 12.7 Å². The van der Waals surface area contributed by atoms with E-state index in [0.29, 0.717) is 23.2 Å². The van der Waals surface area contributed by atoms with E-state index in [1.54, 1.807) is 13.0 Å². The molecular formula is C25H29FN4O4S2. The number of carbonyl (C=O) groups excluding carboxylic acids is 1. The van der Waals surface area contributed by atoms with Gasteiger partial charge in [0.15, 0.2) is 12.4 Å². The topological polar surface area (TPSA) is 91.0 Å². The van der Waals surface area contributed by atoms with E-state index in [0.717, 1.165) is 61.7 Å². The van der Waals surface area contributed by atoms with Gasteiger partial charge in [-0.15, -0.1) is 11.3 Å². The number of unbranched alkanes of at least 4 members (excludes halogenated alkanes) is 1. The number of hydrogen-bond donors (Lipinski definition) is 2. The molecule has 1 amide bonds. The summed E-state index contributed by atoms with van der Waals surface area (Å²) in [4.78, 5) is 16.2. The fraction of sp³-hybridized carbons (Fsp3) is 0.400. The van der Waals surface area contributed by atoms with Crippen molar-refractivity contribution < 1.29 is 22.3 Å². The van der Waals surface area contributed by atoms with Gasteiger partial charge in [0, 0.05) is 37.4 Å². The summed E-state index contributed by atoms with van der Waals surface area (Å²) in [6, 6.07) is 10.2. The fourth-order valence-corrected chi connectivity index (χ4v) is 7.58. The van der Waals surface area contributed by atoms with Gasteiger partial charge in [0.05, 0.1) is 11.4 Å². The quantitative estimate of drug-likeness (QED) is 0.431. The number of nitrogens with one attached hydrogen (secondary N) is 2. The largest absolute Gasteiger partial charge is 0.479 e. The Balaban J connectivity index is 1.08. The van der Waals surface area contributed by atoms with Gasteiger partial charge in [-0.2, -0.15) is 0 Å². The van der Waals surface area contributed by atoms with Crippen LogP contribution in [0.2, 0.25) is 0 Å². The van der Waals surface area contributed by atoms with Crippen molar-refractivity contribution in [3.05, 3.63) is 47.8 Å². The summed E-state index contributed by atoms with van der Waals surface area (Å²) in [7, 11) is -3.63. The molecule has 0 unspecified atom stereocenters. The summed E-state index contributed by atoms with van der Waals surface area (Å²) >= 11 is 1.17. The molecular weight excluding hydrogens is 503 g/mol. The summed E-state index contributed by atoms with van der Waals surface area (Å²) in [5.74, 6) is 0.226. The Kier molecular flexibility index (Phi) is 7.16. The lowest BCUT2D eigenvalue weighted by Crippen LogP contribution is -2.47. The predicted octanol–water partition coefficient (Wildman–Crippen LogP) is 3.56. The van der Waals surface area contributed by atoms with Crippen LogP contribution in [0.4, 0.5) is 15.8 Å².